The van der Waals surface area contributed by atoms with Gasteiger partial charge in [0.05, 0.1) is 0 Å². The van der Waals surface area contributed by atoms with Crippen LogP contribution in [0.1, 0.15) is 6.92 Å². The van der Waals surface area contributed by atoms with E-state index in [-0.39, 0.29) is 11.8 Å². The largest absolute Gasteiger partial charge is 0.351 e. The summed E-state index contributed by atoms with van der Waals surface area (Å²) in [4.78, 5) is 10.8. The molecule has 0 fully saturated rings. The minimum Gasteiger partial charge on any atom is -0.351 e. The van der Waals surface area contributed by atoms with Crippen molar-refractivity contribution in [1.29, 1.82) is 0 Å². The zero-order valence-electron chi connectivity index (χ0n) is 7.72. The molecule has 0 aromatic heterocycles. The van der Waals surface area contributed by atoms with Gasteiger partial charge in [-0.2, -0.15) is 0 Å². The van der Waals surface area contributed by atoms with Crippen molar-refractivity contribution >= 4 is 17.5 Å². The third-order valence-electron chi connectivity index (χ3n) is 1.43. The van der Waals surface area contributed by atoms with Gasteiger partial charge in [-0.3, -0.25) is 4.79 Å². The van der Waals surface area contributed by atoms with Crippen molar-refractivity contribution in [3.8, 4) is 0 Å². The molecule has 0 aromatic rings. The normalized spacial score (nSPS) is 11.7. The van der Waals surface area contributed by atoms with Gasteiger partial charge in [0, 0.05) is 6.54 Å². The summed E-state index contributed by atoms with van der Waals surface area (Å²) in [6.45, 7) is 5.97. The van der Waals surface area contributed by atoms with Gasteiger partial charge in [0.25, 0.3) is 0 Å². The summed E-state index contributed by atoms with van der Waals surface area (Å²) >= 11 is 5.32. The first-order chi connectivity index (χ1) is 6.24. The van der Waals surface area contributed by atoms with Crippen LogP contribution in [0.5, 0.6) is 0 Å². The highest BCUT2D eigenvalue weighted by molar-refractivity contribution is 6.27. The predicted octanol–water partition coefficient (Wildman–Crippen LogP) is 2.03. The van der Waals surface area contributed by atoms with Crippen LogP contribution >= 0.6 is 11.6 Å². The third kappa shape index (κ3) is 6.17. The lowest BCUT2D eigenvalue weighted by Gasteiger charge is -2.02. The van der Waals surface area contributed by atoms with Gasteiger partial charge in [-0.15, -0.1) is 11.6 Å². The van der Waals surface area contributed by atoms with Crippen LogP contribution in [0, 0.1) is 0 Å². The Morgan fingerprint density at radius 1 is 1.62 bits per heavy atom. The highest BCUT2D eigenvalue weighted by Gasteiger charge is 1.97. The van der Waals surface area contributed by atoms with E-state index in [9.17, 15) is 4.79 Å². The van der Waals surface area contributed by atoms with Crippen molar-refractivity contribution in [2.24, 2.45) is 0 Å². The first-order valence-electron chi connectivity index (χ1n) is 4.01. The van der Waals surface area contributed by atoms with Crippen molar-refractivity contribution in [2.75, 3.05) is 12.4 Å². The van der Waals surface area contributed by atoms with Gasteiger partial charge >= 0.3 is 0 Å². The van der Waals surface area contributed by atoms with Gasteiger partial charge in [-0.05, 0) is 12.5 Å². The van der Waals surface area contributed by atoms with E-state index in [0.717, 1.165) is 5.57 Å². The maximum atomic E-state index is 10.8. The number of carbonyl (C=O) groups excluding carboxylic acids is 1. The predicted molar refractivity (Wildman–Crippen MR) is 56.8 cm³/mol. The minimum atomic E-state index is -0.159. The highest BCUT2D eigenvalue weighted by atomic mass is 35.5. The number of amides is 1. The summed E-state index contributed by atoms with van der Waals surface area (Å²) in [5, 5.41) is 2.67. The SMILES string of the molecule is C=C/C=C\C(=C/C)CNC(=O)CCl. The Morgan fingerprint density at radius 2 is 2.31 bits per heavy atom. The van der Waals surface area contributed by atoms with Crippen LogP contribution in [0.15, 0.2) is 36.5 Å². The van der Waals surface area contributed by atoms with Crippen LogP contribution < -0.4 is 5.32 Å². The fourth-order valence-electron chi connectivity index (χ4n) is 0.697. The first kappa shape index (κ1) is 12.0. The standard InChI is InChI=1S/C10H14ClNO/c1-3-5-6-9(4-2)8-12-10(13)7-11/h3-6H,1,7-8H2,2H3,(H,12,13)/b6-5-,9-4+. The molecule has 13 heavy (non-hydrogen) atoms. The molecule has 0 aromatic carbocycles. The monoisotopic (exact) mass is 199 g/mol. The van der Waals surface area contributed by atoms with Gasteiger partial charge in [0.15, 0.2) is 0 Å². The fraction of sp³-hybridized carbons (Fsp3) is 0.300. The van der Waals surface area contributed by atoms with Gasteiger partial charge in [-0.25, -0.2) is 0 Å². The zero-order chi connectivity index (χ0) is 10.1. The lowest BCUT2D eigenvalue weighted by atomic mass is 10.2. The number of halogens is 1. The molecular formula is C10H14ClNO. The van der Waals surface area contributed by atoms with E-state index in [1.54, 1.807) is 6.08 Å². The Morgan fingerprint density at radius 3 is 2.77 bits per heavy atom. The molecule has 2 nitrogen and oxygen atoms in total. The number of allylic oxidation sites excluding steroid dienone is 3. The average molecular weight is 200 g/mol. The Labute approximate surface area is 84.0 Å². The van der Waals surface area contributed by atoms with Crippen molar-refractivity contribution in [1.82, 2.24) is 5.32 Å². The molecule has 0 aliphatic carbocycles. The summed E-state index contributed by atoms with van der Waals surface area (Å²) in [7, 11) is 0. The lowest BCUT2D eigenvalue weighted by Crippen LogP contribution is -2.26. The second kappa shape index (κ2) is 7.62. The average Bonchev–Trinajstić information content (AvgIpc) is 2.17. The van der Waals surface area contributed by atoms with E-state index < -0.39 is 0 Å². The van der Waals surface area contributed by atoms with E-state index in [2.05, 4.69) is 11.9 Å². The number of carbonyl (C=O) groups is 1. The highest BCUT2D eigenvalue weighted by Crippen LogP contribution is 1.94. The van der Waals surface area contributed by atoms with Gasteiger partial charge in [0.2, 0.25) is 5.91 Å². The van der Waals surface area contributed by atoms with Crippen LogP contribution in [0.4, 0.5) is 0 Å². The van der Waals surface area contributed by atoms with E-state index in [0.29, 0.717) is 6.54 Å². The molecule has 0 saturated heterocycles. The quantitative estimate of drug-likeness (QED) is 0.533. The smallest absolute Gasteiger partial charge is 0.235 e. The molecule has 0 heterocycles. The molecule has 0 aliphatic heterocycles. The summed E-state index contributed by atoms with van der Waals surface area (Å²) in [6, 6.07) is 0. The molecule has 72 valence electrons. The molecule has 0 atom stereocenters. The van der Waals surface area contributed by atoms with Crippen molar-refractivity contribution in [3.63, 3.8) is 0 Å². The second-order valence-corrected chi connectivity index (χ2v) is 2.64. The molecule has 0 aliphatic rings. The van der Waals surface area contributed by atoms with Gasteiger partial charge in [0.1, 0.15) is 5.88 Å². The van der Waals surface area contributed by atoms with Crippen molar-refractivity contribution < 1.29 is 4.79 Å². The fourth-order valence-corrected chi connectivity index (χ4v) is 0.791. The number of alkyl halides is 1. The summed E-state index contributed by atoms with van der Waals surface area (Å²) < 4.78 is 0. The van der Waals surface area contributed by atoms with Crippen LogP contribution in [-0.2, 0) is 4.79 Å². The molecular weight excluding hydrogens is 186 g/mol. The first-order valence-corrected chi connectivity index (χ1v) is 4.55. The maximum Gasteiger partial charge on any atom is 0.235 e. The minimum absolute atomic E-state index is 0.00215. The molecule has 0 rings (SSSR count). The van der Waals surface area contributed by atoms with E-state index >= 15 is 0 Å². The molecule has 1 amide bonds. The number of rotatable bonds is 5. The molecule has 0 radical (unpaired) electrons. The Hall–Kier alpha value is -1.02. The van der Waals surface area contributed by atoms with Gasteiger partial charge < -0.3 is 5.32 Å². The van der Waals surface area contributed by atoms with Crippen LogP contribution in [0.2, 0.25) is 0 Å². The van der Waals surface area contributed by atoms with Crippen LogP contribution in [0.25, 0.3) is 0 Å². The molecule has 1 N–H and O–H groups in total. The van der Waals surface area contributed by atoms with Gasteiger partial charge in [-0.1, -0.05) is 30.9 Å². The summed E-state index contributed by atoms with van der Waals surface area (Å²) in [5.41, 5.74) is 1.03. The molecule has 0 unspecified atom stereocenters. The summed E-state index contributed by atoms with van der Waals surface area (Å²) in [6.07, 6.45) is 7.32. The number of hydrogen-bond donors (Lipinski definition) is 1. The Bertz CT molecular complexity index is 231. The topological polar surface area (TPSA) is 29.1 Å². The van der Waals surface area contributed by atoms with E-state index in [1.807, 2.05) is 25.2 Å². The third-order valence-corrected chi connectivity index (χ3v) is 1.67. The number of hydrogen-bond acceptors (Lipinski definition) is 1. The molecule has 0 saturated carbocycles. The Balaban J connectivity index is 3.94. The maximum absolute atomic E-state index is 10.8. The van der Waals surface area contributed by atoms with E-state index in [4.69, 9.17) is 11.6 Å². The van der Waals surface area contributed by atoms with Crippen molar-refractivity contribution in [2.45, 2.75) is 6.92 Å². The molecule has 0 spiro atoms. The zero-order valence-corrected chi connectivity index (χ0v) is 8.47. The Kier molecular flexibility index (Phi) is 7.02. The number of nitrogens with one attached hydrogen (secondary N) is 1. The van der Waals surface area contributed by atoms with E-state index in [1.165, 1.54) is 0 Å². The van der Waals surface area contributed by atoms with Crippen LogP contribution in [0.3, 0.4) is 0 Å². The van der Waals surface area contributed by atoms with Crippen LogP contribution in [-0.4, -0.2) is 18.3 Å². The molecule has 0 bridgehead atoms. The lowest BCUT2D eigenvalue weighted by molar-refractivity contribution is -0.118. The summed E-state index contributed by atoms with van der Waals surface area (Å²) in [5.74, 6) is -0.157. The van der Waals surface area contributed by atoms with Crippen molar-refractivity contribution in [3.05, 3.63) is 36.5 Å². The second-order valence-electron chi connectivity index (χ2n) is 2.37. The molecule has 3 heteroatoms.